The van der Waals surface area contributed by atoms with Gasteiger partial charge in [0, 0.05) is 35.9 Å². The third-order valence-corrected chi connectivity index (χ3v) is 4.95. The Bertz CT molecular complexity index is 747. The summed E-state index contributed by atoms with van der Waals surface area (Å²) in [6.07, 6.45) is 12.2. The van der Waals surface area contributed by atoms with Crippen molar-refractivity contribution in [3.63, 3.8) is 0 Å². The van der Waals surface area contributed by atoms with E-state index >= 15 is 0 Å². The number of carbonyl (C=O) groups excluding carboxylic acids is 2. The first-order chi connectivity index (χ1) is 11.1. The van der Waals surface area contributed by atoms with Crippen LogP contribution in [0.3, 0.4) is 0 Å². The number of allylic oxidation sites excluding steroid dienone is 3. The minimum Gasteiger partial charge on any atom is -0.343 e. The molecule has 0 spiro atoms. The van der Waals surface area contributed by atoms with E-state index in [1.54, 1.807) is 6.20 Å². The molecule has 4 bridgehead atoms. The Kier molecular flexibility index (Phi) is 3.26. The molecule has 0 radical (unpaired) electrons. The monoisotopic (exact) mass is 309 g/mol. The van der Waals surface area contributed by atoms with Gasteiger partial charge in [-0.3, -0.25) is 9.59 Å². The van der Waals surface area contributed by atoms with E-state index in [1.807, 2.05) is 17.2 Å². The molecule has 4 heteroatoms. The Balaban J connectivity index is 1.55. The standard InChI is InChI=1S/C19H16FNO2/c20-15-5-3-12(4-6-15)17(22)8-10-21-9-7-16-13-1-2-14(11-13)18(21)19(16)23/h1-10,13-14,16,18H,11H2/b10-8+/t13-,14-,16+,18-/m0/s1. The third-order valence-electron chi connectivity index (χ3n) is 4.95. The summed E-state index contributed by atoms with van der Waals surface area (Å²) in [6, 6.07) is 5.24. The molecule has 116 valence electrons. The number of carbonyl (C=O) groups is 2. The molecule has 1 heterocycles. The molecule has 23 heavy (non-hydrogen) atoms. The van der Waals surface area contributed by atoms with E-state index in [-0.39, 0.29) is 35.3 Å². The normalized spacial score (nSPS) is 31.2. The van der Waals surface area contributed by atoms with Crippen LogP contribution in [0.25, 0.3) is 0 Å². The van der Waals surface area contributed by atoms with Crippen LogP contribution in [0, 0.1) is 23.6 Å². The second kappa shape index (κ2) is 5.30. The smallest absolute Gasteiger partial charge is 0.187 e. The zero-order valence-corrected chi connectivity index (χ0v) is 12.4. The van der Waals surface area contributed by atoms with Gasteiger partial charge in [0.1, 0.15) is 5.82 Å². The van der Waals surface area contributed by atoms with Gasteiger partial charge in [0.25, 0.3) is 0 Å². The maximum Gasteiger partial charge on any atom is 0.187 e. The van der Waals surface area contributed by atoms with Crippen molar-refractivity contribution in [3.8, 4) is 0 Å². The summed E-state index contributed by atoms with van der Waals surface area (Å²) in [5, 5.41) is 0. The molecule has 1 fully saturated rings. The minimum absolute atomic E-state index is 0.0209. The van der Waals surface area contributed by atoms with E-state index in [0.29, 0.717) is 11.5 Å². The van der Waals surface area contributed by atoms with Crippen LogP contribution in [0.1, 0.15) is 16.8 Å². The van der Waals surface area contributed by atoms with E-state index < -0.39 is 0 Å². The quantitative estimate of drug-likeness (QED) is 0.489. The van der Waals surface area contributed by atoms with Gasteiger partial charge in [-0.15, -0.1) is 0 Å². The maximum absolute atomic E-state index is 12.9. The molecule has 3 aliphatic rings. The molecule has 0 N–H and O–H groups in total. The highest BCUT2D eigenvalue weighted by Gasteiger charge is 2.47. The summed E-state index contributed by atoms with van der Waals surface area (Å²) >= 11 is 0. The lowest BCUT2D eigenvalue weighted by atomic mass is 9.73. The summed E-state index contributed by atoms with van der Waals surface area (Å²) in [5.74, 6) is 0.200. The van der Waals surface area contributed by atoms with Gasteiger partial charge >= 0.3 is 0 Å². The van der Waals surface area contributed by atoms with Crippen LogP contribution in [0.15, 0.2) is 61.0 Å². The van der Waals surface area contributed by atoms with Crippen molar-refractivity contribution in [1.82, 2.24) is 4.90 Å². The fraction of sp³-hybridized carbons (Fsp3) is 0.263. The molecule has 3 nitrogen and oxygen atoms in total. The SMILES string of the molecule is O=C(/C=C/N1C=C[C@H]2C(=O)[C@@H]1[C@H]1C=C[C@H]2C1)c1ccc(F)cc1. The average Bonchev–Trinajstić information content (AvgIpc) is 2.99. The number of hydrogen-bond acceptors (Lipinski definition) is 3. The Labute approximate surface area is 133 Å². The number of rotatable bonds is 3. The molecule has 0 unspecified atom stereocenters. The van der Waals surface area contributed by atoms with Gasteiger partial charge < -0.3 is 4.90 Å². The average molecular weight is 309 g/mol. The summed E-state index contributed by atoms with van der Waals surface area (Å²) in [7, 11) is 0. The molecule has 1 saturated carbocycles. The van der Waals surface area contributed by atoms with E-state index in [1.165, 1.54) is 30.3 Å². The topological polar surface area (TPSA) is 37.4 Å². The van der Waals surface area contributed by atoms with Crippen molar-refractivity contribution in [2.45, 2.75) is 12.5 Å². The Morgan fingerprint density at radius 1 is 1.13 bits per heavy atom. The molecule has 0 aromatic heterocycles. The first-order valence-corrected chi connectivity index (χ1v) is 7.79. The summed E-state index contributed by atoms with van der Waals surface area (Å²) in [5.41, 5.74) is 0.428. The number of ketones is 2. The van der Waals surface area contributed by atoms with Crippen LogP contribution < -0.4 is 0 Å². The largest absolute Gasteiger partial charge is 0.343 e. The molecule has 1 aromatic rings. The van der Waals surface area contributed by atoms with Gasteiger partial charge in [-0.2, -0.15) is 0 Å². The van der Waals surface area contributed by atoms with Crippen LogP contribution in [0.4, 0.5) is 4.39 Å². The number of benzene rings is 1. The molecule has 4 rings (SSSR count). The van der Waals surface area contributed by atoms with Gasteiger partial charge in [0.2, 0.25) is 0 Å². The predicted octanol–water partition coefficient (Wildman–Crippen LogP) is 3.11. The van der Waals surface area contributed by atoms with Crippen LogP contribution in [-0.2, 0) is 4.79 Å². The molecule has 2 aliphatic carbocycles. The van der Waals surface area contributed by atoms with Crippen LogP contribution >= 0.6 is 0 Å². The van der Waals surface area contributed by atoms with Crippen molar-refractivity contribution in [2.75, 3.05) is 0 Å². The molecular formula is C19H16FNO2. The van der Waals surface area contributed by atoms with Crippen molar-refractivity contribution in [3.05, 3.63) is 72.4 Å². The van der Waals surface area contributed by atoms with E-state index in [0.717, 1.165) is 6.42 Å². The summed E-state index contributed by atoms with van der Waals surface area (Å²) < 4.78 is 12.9. The first-order valence-electron chi connectivity index (χ1n) is 7.79. The van der Waals surface area contributed by atoms with Gasteiger partial charge in [-0.05, 0) is 36.6 Å². The van der Waals surface area contributed by atoms with Crippen molar-refractivity contribution in [1.29, 1.82) is 0 Å². The third kappa shape index (κ3) is 2.34. The highest BCUT2D eigenvalue weighted by molar-refractivity contribution is 6.04. The van der Waals surface area contributed by atoms with Gasteiger partial charge in [0.05, 0.1) is 6.04 Å². The highest BCUT2D eigenvalue weighted by Crippen LogP contribution is 2.43. The fourth-order valence-corrected chi connectivity index (χ4v) is 3.77. The molecular weight excluding hydrogens is 293 g/mol. The first kappa shape index (κ1) is 14.1. The lowest BCUT2D eigenvalue weighted by Gasteiger charge is -2.41. The molecule has 0 saturated heterocycles. The summed E-state index contributed by atoms with van der Waals surface area (Å²) in [6.45, 7) is 0. The molecule has 1 aromatic carbocycles. The highest BCUT2D eigenvalue weighted by atomic mass is 19.1. The number of halogens is 1. The number of fused-ring (bicyclic) bond motifs is 6. The fourth-order valence-electron chi connectivity index (χ4n) is 3.77. The molecule has 4 atom stereocenters. The summed E-state index contributed by atoms with van der Waals surface area (Å²) in [4.78, 5) is 26.5. The van der Waals surface area contributed by atoms with Gasteiger partial charge in [-0.25, -0.2) is 4.39 Å². The van der Waals surface area contributed by atoms with Crippen molar-refractivity contribution < 1.29 is 14.0 Å². The van der Waals surface area contributed by atoms with Crippen LogP contribution in [0.5, 0.6) is 0 Å². The number of Topliss-reactive ketones (excluding diaryl/α,β-unsaturated/α-hetero) is 1. The molecule has 1 aliphatic heterocycles. The number of nitrogens with zero attached hydrogens (tertiary/aromatic N) is 1. The predicted molar refractivity (Wildman–Crippen MR) is 83.9 cm³/mol. The lowest BCUT2D eigenvalue weighted by molar-refractivity contribution is -0.130. The van der Waals surface area contributed by atoms with Gasteiger partial charge in [-0.1, -0.05) is 18.2 Å². The second-order valence-electron chi connectivity index (χ2n) is 6.30. The van der Waals surface area contributed by atoms with E-state index in [4.69, 9.17) is 0 Å². The lowest BCUT2D eigenvalue weighted by Crippen LogP contribution is -2.50. The molecule has 0 amide bonds. The second-order valence-corrected chi connectivity index (χ2v) is 6.30. The Hall–Kier alpha value is -2.49. The van der Waals surface area contributed by atoms with Crippen molar-refractivity contribution in [2.24, 2.45) is 17.8 Å². The van der Waals surface area contributed by atoms with Crippen LogP contribution in [0.2, 0.25) is 0 Å². The minimum atomic E-state index is -0.370. The zero-order valence-electron chi connectivity index (χ0n) is 12.4. The van der Waals surface area contributed by atoms with Gasteiger partial charge in [0.15, 0.2) is 11.6 Å². The zero-order chi connectivity index (χ0) is 16.0. The van der Waals surface area contributed by atoms with E-state index in [9.17, 15) is 14.0 Å². The van der Waals surface area contributed by atoms with Crippen LogP contribution in [-0.4, -0.2) is 22.5 Å². The number of hydrogen-bond donors (Lipinski definition) is 0. The van der Waals surface area contributed by atoms with Crippen molar-refractivity contribution >= 4 is 11.6 Å². The Morgan fingerprint density at radius 2 is 1.87 bits per heavy atom. The Morgan fingerprint density at radius 3 is 2.65 bits per heavy atom. The van der Waals surface area contributed by atoms with E-state index in [2.05, 4.69) is 12.2 Å². The maximum atomic E-state index is 12.9.